The topological polar surface area (TPSA) is 65.2 Å². The molecule has 1 heterocycles. The zero-order valence-electron chi connectivity index (χ0n) is 8.34. The van der Waals surface area contributed by atoms with Crippen LogP contribution >= 0.6 is 11.6 Å². The molecule has 0 aliphatic heterocycles. The monoisotopic (exact) mass is 250 g/mol. The van der Waals surface area contributed by atoms with E-state index in [-0.39, 0.29) is 22.8 Å². The number of carbonyl (C=O) groups is 1. The number of halogens is 3. The van der Waals surface area contributed by atoms with Crippen LogP contribution in [0.25, 0.3) is 0 Å². The van der Waals surface area contributed by atoms with E-state index in [9.17, 15) is 13.6 Å². The predicted molar refractivity (Wildman–Crippen MR) is 54.5 cm³/mol. The fourth-order valence-corrected chi connectivity index (χ4v) is 1.41. The number of carbonyl (C=O) groups excluding carboxylic acids is 1. The van der Waals surface area contributed by atoms with Gasteiger partial charge in [-0.2, -0.15) is 0 Å². The predicted octanol–water partition coefficient (Wildman–Crippen LogP) is 2.13. The molecule has 2 N–H and O–H groups in total. The van der Waals surface area contributed by atoms with E-state index in [0.717, 1.165) is 13.2 Å². The highest BCUT2D eigenvalue weighted by Gasteiger charge is 2.20. The molecule has 1 aromatic heterocycles. The van der Waals surface area contributed by atoms with Crippen molar-refractivity contribution in [3.63, 3.8) is 0 Å². The zero-order valence-corrected chi connectivity index (χ0v) is 9.09. The van der Waals surface area contributed by atoms with Crippen LogP contribution in [-0.2, 0) is 10.6 Å². The molecule has 0 amide bonds. The molecule has 0 aliphatic carbocycles. The van der Waals surface area contributed by atoms with Gasteiger partial charge in [0.1, 0.15) is 5.69 Å². The Morgan fingerprint density at radius 2 is 2.31 bits per heavy atom. The molecule has 0 aromatic carbocycles. The fourth-order valence-electron chi connectivity index (χ4n) is 1.13. The Morgan fingerprint density at radius 1 is 1.69 bits per heavy atom. The Labute approximate surface area is 95.4 Å². The van der Waals surface area contributed by atoms with Crippen LogP contribution in [0.1, 0.15) is 28.2 Å². The smallest absolute Gasteiger partial charge is 0.357 e. The average molecular weight is 251 g/mol. The summed E-state index contributed by atoms with van der Waals surface area (Å²) in [6.07, 6.45) is -2.81. The number of esters is 1. The number of pyridine rings is 1. The molecule has 16 heavy (non-hydrogen) atoms. The van der Waals surface area contributed by atoms with Crippen LogP contribution in [0.2, 0.25) is 0 Å². The number of ether oxygens (including phenoxy) is 1. The van der Waals surface area contributed by atoms with Crippen LogP contribution in [-0.4, -0.2) is 18.1 Å². The number of hydrogen-bond acceptors (Lipinski definition) is 4. The summed E-state index contributed by atoms with van der Waals surface area (Å²) in [6.45, 7) is 0. The Balaban J connectivity index is 3.36. The van der Waals surface area contributed by atoms with Gasteiger partial charge >= 0.3 is 5.97 Å². The van der Waals surface area contributed by atoms with Crippen molar-refractivity contribution in [2.45, 2.75) is 12.3 Å². The molecule has 0 atom stereocenters. The largest absolute Gasteiger partial charge is 0.464 e. The molecule has 0 saturated carbocycles. The van der Waals surface area contributed by atoms with Crippen LogP contribution in [0.3, 0.4) is 0 Å². The molecule has 1 aromatic rings. The van der Waals surface area contributed by atoms with Gasteiger partial charge in [-0.1, -0.05) is 0 Å². The third-order valence-electron chi connectivity index (χ3n) is 1.91. The number of methoxy groups -OCH3 is 1. The van der Waals surface area contributed by atoms with Gasteiger partial charge in [0.2, 0.25) is 0 Å². The molecule has 88 valence electrons. The lowest BCUT2D eigenvalue weighted by Crippen LogP contribution is -2.12. The summed E-state index contributed by atoms with van der Waals surface area (Å²) in [7, 11) is 1.12. The van der Waals surface area contributed by atoms with E-state index in [4.69, 9.17) is 17.3 Å². The summed E-state index contributed by atoms with van der Waals surface area (Å²) in [5.74, 6) is -0.947. The van der Waals surface area contributed by atoms with Gasteiger partial charge in [0.05, 0.1) is 13.0 Å². The van der Waals surface area contributed by atoms with Crippen LogP contribution in [0, 0.1) is 0 Å². The minimum Gasteiger partial charge on any atom is -0.464 e. The lowest BCUT2D eigenvalue weighted by atomic mass is 10.1. The minimum atomic E-state index is -2.81. The molecule has 0 radical (unpaired) electrons. The summed E-state index contributed by atoms with van der Waals surface area (Å²) in [4.78, 5) is 14.8. The third kappa shape index (κ3) is 2.38. The van der Waals surface area contributed by atoms with Gasteiger partial charge < -0.3 is 10.5 Å². The van der Waals surface area contributed by atoms with Crippen molar-refractivity contribution in [2.75, 3.05) is 12.8 Å². The van der Waals surface area contributed by atoms with Crippen molar-refractivity contribution in [1.82, 2.24) is 4.98 Å². The first-order chi connectivity index (χ1) is 7.51. The second-order valence-corrected chi connectivity index (χ2v) is 3.16. The van der Waals surface area contributed by atoms with Gasteiger partial charge in [0, 0.05) is 11.3 Å². The summed E-state index contributed by atoms with van der Waals surface area (Å²) >= 11 is 5.56. The van der Waals surface area contributed by atoms with Crippen LogP contribution in [0.4, 0.5) is 14.5 Å². The van der Waals surface area contributed by atoms with Crippen molar-refractivity contribution in [3.05, 3.63) is 23.0 Å². The number of hydrogen-bond donors (Lipinski definition) is 1. The first-order valence-electron chi connectivity index (χ1n) is 4.23. The second kappa shape index (κ2) is 5.07. The summed E-state index contributed by atoms with van der Waals surface area (Å²) in [6, 6.07) is 0.995. The van der Waals surface area contributed by atoms with Gasteiger partial charge in [-0.15, -0.1) is 11.6 Å². The molecule has 1 rings (SSSR count). The molecule has 4 nitrogen and oxygen atoms in total. The highest BCUT2D eigenvalue weighted by Crippen LogP contribution is 2.25. The van der Waals surface area contributed by atoms with E-state index >= 15 is 0 Å². The molecule has 0 spiro atoms. The number of nitrogen functional groups attached to an aromatic ring is 1. The molecule has 0 saturated heterocycles. The maximum atomic E-state index is 12.4. The maximum absolute atomic E-state index is 12.4. The quantitative estimate of drug-likeness (QED) is 0.659. The van der Waals surface area contributed by atoms with E-state index in [1.807, 2.05) is 0 Å². The number of aromatic nitrogens is 1. The number of nitrogens with zero attached hydrogens (tertiary/aromatic N) is 1. The van der Waals surface area contributed by atoms with Crippen molar-refractivity contribution < 1.29 is 18.3 Å². The SMILES string of the molecule is COC(=O)c1nc(C(F)F)cc(N)c1CCl. The van der Waals surface area contributed by atoms with Crippen molar-refractivity contribution >= 4 is 23.3 Å². The van der Waals surface area contributed by atoms with Gasteiger partial charge in [0.25, 0.3) is 6.43 Å². The minimum absolute atomic E-state index is 0.000648. The van der Waals surface area contributed by atoms with E-state index in [2.05, 4.69) is 9.72 Å². The highest BCUT2D eigenvalue weighted by molar-refractivity contribution is 6.18. The van der Waals surface area contributed by atoms with Gasteiger partial charge in [-0.25, -0.2) is 18.6 Å². The Kier molecular flexibility index (Phi) is 4.00. The number of anilines is 1. The summed E-state index contributed by atoms with van der Waals surface area (Å²) in [5, 5.41) is 0. The summed E-state index contributed by atoms with van der Waals surface area (Å²) < 4.78 is 29.3. The summed E-state index contributed by atoms with van der Waals surface area (Å²) in [5.41, 5.74) is 4.84. The Hall–Kier alpha value is -1.43. The molecule has 0 fully saturated rings. The molecular weight excluding hydrogens is 242 g/mol. The number of alkyl halides is 3. The Morgan fingerprint density at radius 3 is 2.75 bits per heavy atom. The first-order valence-corrected chi connectivity index (χ1v) is 4.76. The lowest BCUT2D eigenvalue weighted by molar-refractivity contribution is 0.0591. The molecular formula is C9H9ClF2N2O2. The van der Waals surface area contributed by atoms with Crippen molar-refractivity contribution in [1.29, 1.82) is 0 Å². The van der Waals surface area contributed by atoms with Gasteiger partial charge in [0.15, 0.2) is 5.69 Å². The Bertz CT molecular complexity index is 413. The molecule has 7 heteroatoms. The van der Waals surface area contributed by atoms with Crippen molar-refractivity contribution in [2.24, 2.45) is 0 Å². The van der Waals surface area contributed by atoms with E-state index in [1.54, 1.807) is 0 Å². The molecule has 0 unspecified atom stereocenters. The standard InChI is InChI=1S/C9H9ClF2N2O2/c1-16-9(15)7-4(3-10)5(13)2-6(14-7)8(11)12/h2,8H,3H2,1H3,(H2,13,14). The number of rotatable bonds is 3. The maximum Gasteiger partial charge on any atom is 0.357 e. The van der Waals surface area contributed by atoms with E-state index in [0.29, 0.717) is 0 Å². The van der Waals surface area contributed by atoms with Gasteiger partial charge in [-0.3, -0.25) is 0 Å². The zero-order chi connectivity index (χ0) is 12.3. The third-order valence-corrected chi connectivity index (χ3v) is 2.18. The molecule has 0 aliphatic rings. The van der Waals surface area contributed by atoms with Crippen LogP contribution in [0.5, 0.6) is 0 Å². The lowest BCUT2D eigenvalue weighted by Gasteiger charge is -2.10. The number of nitrogens with two attached hydrogens (primary N) is 1. The highest BCUT2D eigenvalue weighted by atomic mass is 35.5. The normalized spacial score (nSPS) is 10.6. The average Bonchev–Trinajstić information content (AvgIpc) is 2.26. The second-order valence-electron chi connectivity index (χ2n) is 2.89. The molecule has 0 bridgehead atoms. The van der Waals surface area contributed by atoms with E-state index < -0.39 is 18.1 Å². The fraction of sp³-hybridized carbons (Fsp3) is 0.333. The van der Waals surface area contributed by atoms with Crippen molar-refractivity contribution in [3.8, 4) is 0 Å². The first kappa shape index (κ1) is 12.6. The van der Waals surface area contributed by atoms with Gasteiger partial charge in [-0.05, 0) is 6.07 Å². The van der Waals surface area contributed by atoms with Crippen LogP contribution < -0.4 is 5.73 Å². The van der Waals surface area contributed by atoms with Crippen LogP contribution in [0.15, 0.2) is 6.07 Å². The van der Waals surface area contributed by atoms with E-state index in [1.165, 1.54) is 0 Å².